The summed E-state index contributed by atoms with van der Waals surface area (Å²) in [7, 11) is 0. The van der Waals surface area contributed by atoms with Gasteiger partial charge in [0.05, 0.1) is 10.6 Å². The molecule has 0 radical (unpaired) electrons. The first-order valence-corrected chi connectivity index (χ1v) is 6.10. The Hall–Kier alpha value is -2.42. The number of hydrogen-bond donors (Lipinski definition) is 2. The van der Waals surface area contributed by atoms with Crippen LogP contribution in [0.4, 0.5) is 22.6 Å². The van der Waals surface area contributed by atoms with Gasteiger partial charge in [0.15, 0.2) is 23.3 Å². The van der Waals surface area contributed by atoms with Crippen molar-refractivity contribution in [3.05, 3.63) is 51.9 Å². The molecule has 0 aliphatic rings. The minimum Gasteiger partial charge on any atom is -0.477 e. The number of hydrogen-bond acceptors (Lipinski definition) is 3. The maximum atomic E-state index is 13.4. The van der Waals surface area contributed by atoms with Crippen LogP contribution < -0.4 is 5.32 Å². The number of anilines is 1. The molecule has 0 spiro atoms. The summed E-state index contributed by atoms with van der Waals surface area (Å²) in [6.45, 7) is 0. The lowest BCUT2D eigenvalue weighted by Crippen LogP contribution is -2.15. The third-order valence-corrected chi connectivity index (χ3v) is 3.39. The molecule has 0 unspecified atom stereocenters. The fraction of sp³-hybridized carbons (Fsp3) is 0. The van der Waals surface area contributed by atoms with Gasteiger partial charge in [-0.15, -0.1) is 11.3 Å². The monoisotopic (exact) mass is 319 g/mol. The molecule has 1 amide bonds. The predicted octanol–water partition coefficient (Wildman–Crippen LogP) is 3.25. The highest BCUT2D eigenvalue weighted by atomic mass is 32.1. The molecule has 1 aromatic carbocycles. The number of carbonyl (C=O) groups excluding carboxylic acids is 1. The molecular formula is C12H5F4NO3S. The normalized spacial score (nSPS) is 10.5. The van der Waals surface area contributed by atoms with Crippen LogP contribution in [0.5, 0.6) is 0 Å². The van der Waals surface area contributed by atoms with Crippen LogP contribution in [-0.2, 0) is 0 Å². The molecule has 110 valence electrons. The minimum atomic E-state index is -2.10. The predicted molar refractivity (Wildman–Crippen MR) is 65.5 cm³/mol. The van der Waals surface area contributed by atoms with E-state index in [0.717, 1.165) is 0 Å². The largest absolute Gasteiger partial charge is 0.477 e. The summed E-state index contributed by atoms with van der Waals surface area (Å²) >= 11 is 0.666. The first kappa shape index (κ1) is 15.0. The number of amides is 1. The molecule has 2 rings (SSSR count). The number of aromatic carboxylic acids is 1. The Balaban J connectivity index is 2.30. The zero-order valence-electron chi connectivity index (χ0n) is 9.92. The van der Waals surface area contributed by atoms with E-state index in [-0.39, 0.29) is 15.9 Å². The molecule has 2 aromatic rings. The fourth-order valence-electron chi connectivity index (χ4n) is 1.44. The Morgan fingerprint density at radius 1 is 1.05 bits per heavy atom. The van der Waals surface area contributed by atoms with Gasteiger partial charge >= 0.3 is 5.97 Å². The number of halogens is 4. The van der Waals surface area contributed by atoms with Gasteiger partial charge in [-0.2, -0.15) is 0 Å². The standard InChI is InChI=1S/C12H5F4NO3S/c13-5-3-4(8(14)10(16)9(5)15)11(18)17-7-2-1-6(21-7)12(19)20/h1-3H,(H,17,18)(H,19,20). The van der Waals surface area contributed by atoms with Crippen molar-refractivity contribution in [3.63, 3.8) is 0 Å². The van der Waals surface area contributed by atoms with Crippen molar-refractivity contribution in [1.29, 1.82) is 0 Å². The first-order valence-electron chi connectivity index (χ1n) is 5.28. The molecule has 0 aliphatic heterocycles. The van der Waals surface area contributed by atoms with Gasteiger partial charge in [-0.05, 0) is 18.2 Å². The molecule has 0 aliphatic carbocycles. The van der Waals surface area contributed by atoms with Crippen LogP contribution in [-0.4, -0.2) is 17.0 Å². The summed E-state index contributed by atoms with van der Waals surface area (Å²) in [5.74, 6) is -10.1. The summed E-state index contributed by atoms with van der Waals surface area (Å²) in [6, 6.07) is 2.62. The molecule has 0 atom stereocenters. The summed E-state index contributed by atoms with van der Waals surface area (Å²) in [5, 5.41) is 10.8. The molecule has 0 saturated carbocycles. The lowest BCUT2D eigenvalue weighted by molar-refractivity contribution is 0.0702. The van der Waals surface area contributed by atoms with Gasteiger partial charge in [-0.1, -0.05) is 0 Å². The number of carboxylic acid groups (broad SMARTS) is 1. The van der Waals surface area contributed by atoms with Crippen LogP contribution in [0.1, 0.15) is 20.0 Å². The molecule has 9 heteroatoms. The third kappa shape index (κ3) is 2.87. The lowest BCUT2D eigenvalue weighted by Gasteiger charge is -2.05. The van der Waals surface area contributed by atoms with E-state index in [1.807, 2.05) is 0 Å². The summed E-state index contributed by atoms with van der Waals surface area (Å²) in [6.07, 6.45) is 0. The van der Waals surface area contributed by atoms with Crippen LogP contribution in [0.25, 0.3) is 0 Å². The lowest BCUT2D eigenvalue weighted by atomic mass is 10.1. The van der Waals surface area contributed by atoms with Crippen molar-refractivity contribution in [2.75, 3.05) is 5.32 Å². The third-order valence-electron chi connectivity index (χ3n) is 2.40. The van der Waals surface area contributed by atoms with Crippen molar-refractivity contribution in [2.45, 2.75) is 0 Å². The minimum absolute atomic E-state index is 0.0296. The molecule has 0 bridgehead atoms. The van der Waals surface area contributed by atoms with Crippen LogP contribution >= 0.6 is 11.3 Å². The van der Waals surface area contributed by atoms with Gasteiger partial charge in [0.25, 0.3) is 5.91 Å². The van der Waals surface area contributed by atoms with Gasteiger partial charge in [0, 0.05) is 0 Å². The van der Waals surface area contributed by atoms with Crippen LogP contribution in [0.3, 0.4) is 0 Å². The van der Waals surface area contributed by atoms with Gasteiger partial charge in [-0.3, -0.25) is 4.79 Å². The molecule has 2 N–H and O–H groups in total. The van der Waals surface area contributed by atoms with E-state index >= 15 is 0 Å². The zero-order valence-corrected chi connectivity index (χ0v) is 10.7. The number of carbonyl (C=O) groups is 2. The SMILES string of the molecule is O=C(O)c1ccc(NC(=O)c2cc(F)c(F)c(F)c2F)s1. The second kappa shape index (κ2) is 5.52. The number of thiophene rings is 1. The van der Waals surface area contributed by atoms with Gasteiger partial charge < -0.3 is 10.4 Å². The highest BCUT2D eigenvalue weighted by Gasteiger charge is 2.23. The zero-order chi connectivity index (χ0) is 15.7. The number of benzene rings is 1. The van der Waals surface area contributed by atoms with Crippen LogP contribution in [0.15, 0.2) is 18.2 Å². The van der Waals surface area contributed by atoms with Crippen LogP contribution in [0.2, 0.25) is 0 Å². The van der Waals surface area contributed by atoms with E-state index in [1.165, 1.54) is 12.1 Å². The Morgan fingerprint density at radius 3 is 2.29 bits per heavy atom. The van der Waals surface area contributed by atoms with E-state index in [0.29, 0.717) is 11.3 Å². The molecular weight excluding hydrogens is 314 g/mol. The Labute approximate surface area is 118 Å². The van der Waals surface area contributed by atoms with E-state index in [1.54, 1.807) is 0 Å². The van der Waals surface area contributed by atoms with Gasteiger partial charge in [0.2, 0.25) is 0 Å². The highest BCUT2D eigenvalue weighted by molar-refractivity contribution is 7.18. The average Bonchev–Trinajstić information content (AvgIpc) is 2.89. The van der Waals surface area contributed by atoms with Crippen molar-refractivity contribution in [3.8, 4) is 0 Å². The van der Waals surface area contributed by atoms with E-state index in [2.05, 4.69) is 5.32 Å². The maximum absolute atomic E-state index is 13.4. The Bertz CT molecular complexity index is 744. The summed E-state index contributed by atoms with van der Waals surface area (Å²) < 4.78 is 52.2. The van der Waals surface area contributed by atoms with E-state index in [9.17, 15) is 27.2 Å². The average molecular weight is 319 g/mol. The smallest absolute Gasteiger partial charge is 0.345 e. The second-order valence-electron chi connectivity index (χ2n) is 3.77. The van der Waals surface area contributed by atoms with Crippen molar-refractivity contribution in [2.24, 2.45) is 0 Å². The molecule has 21 heavy (non-hydrogen) atoms. The molecule has 1 aromatic heterocycles. The molecule has 1 heterocycles. The van der Waals surface area contributed by atoms with Crippen molar-refractivity contribution in [1.82, 2.24) is 0 Å². The van der Waals surface area contributed by atoms with Gasteiger partial charge in [0.1, 0.15) is 4.88 Å². The topological polar surface area (TPSA) is 66.4 Å². The Morgan fingerprint density at radius 2 is 1.71 bits per heavy atom. The number of nitrogens with one attached hydrogen (secondary N) is 1. The van der Waals surface area contributed by atoms with Crippen molar-refractivity contribution >= 4 is 28.2 Å². The van der Waals surface area contributed by atoms with Gasteiger partial charge in [-0.25, -0.2) is 22.4 Å². The summed E-state index contributed by atoms with van der Waals surface area (Å²) in [5.41, 5.74) is -1.03. The molecule has 0 fully saturated rings. The van der Waals surface area contributed by atoms with E-state index in [4.69, 9.17) is 5.11 Å². The van der Waals surface area contributed by atoms with E-state index < -0.39 is 40.7 Å². The fourth-order valence-corrected chi connectivity index (χ4v) is 2.18. The summed E-state index contributed by atoms with van der Waals surface area (Å²) in [4.78, 5) is 22.2. The number of rotatable bonds is 3. The second-order valence-corrected chi connectivity index (χ2v) is 4.85. The molecule has 0 saturated heterocycles. The quantitative estimate of drug-likeness (QED) is 0.518. The maximum Gasteiger partial charge on any atom is 0.345 e. The molecule has 4 nitrogen and oxygen atoms in total. The highest BCUT2D eigenvalue weighted by Crippen LogP contribution is 2.24. The Kier molecular flexibility index (Phi) is 3.94. The first-order chi connectivity index (χ1) is 9.81. The number of carboxylic acids is 1. The van der Waals surface area contributed by atoms with Crippen LogP contribution in [0, 0.1) is 23.3 Å². The van der Waals surface area contributed by atoms with Crippen molar-refractivity contribution < 1.29 is 32.3 Å².